The predicted molar refractivity (Wildman–Crippen MR) is 84.4 cm³/mol. The van der Waals surface area contributed by atoms with Crippen LogP contribution in [0.1, 0.15) is 43.7 Å². The number of ether oxygens (including phenoxy) is 1. The molecule has 3 rings (SSSR count). The van der Waals surface area contributed by atoms with Gasteiger partial charge in [0.15, 0.2) is 0 Å². The van der Waals surface area contributed by atoms with Gasteiger partial charge in [0.05, 0.1) is 25.3 Å². The third kappa shape index (κ3) is 2.60. The van der Waals surface area contributed by atoms with Crippen molar-refractivity contribution in [1.82, 2.24) is 4.90 Å². The molecule has 1 saturated carbocycles. The average molecular weight is 300 g/mol. The lowest BCUT2D eigenvalue weighted by atomic mass is 9.66. The number of hydrogen-bond acceptors (Lipinski definition) is 4. The summed E-state index contributed by atoms with van der Waals surface area (Å²) in [6, 6.07) is 10.4. The van der Waals surface area contributed by atoms with Crippen LogP contribution in [0.15, 0.2) is 24.3 Å². The van der Waals surface area contributed by atoms with Gasteiger partial charge in [-0.15, -0.1) is 0 Å². The third-order valence-electron chi connectivity index (χ3n) is 5.40. The lowest BCUT2D eigenvalue weighted by Crippen LogP contribution is -2.54. The van der Waals surface area contributed by atoms with Gasteiger partial charge in [-0.05, 0) is 25.3 Å². The van der Waals surface area contributed by atoms with E-state index in [1.54, 1.807) is 7.11 Å². The highest BCUT2D eigenvalue weighted by Gasteiger charge is 2.49. The summed E-state index contributed by atoms with van der Waals surface area (Å²) in [5.41, 5.74) is 0.515. The number of para-hydroxylation sites is 1. The monoisotopic (exact) mass is 300 g/mol. The minimum Gasteiger partial charge on any atom is -0.496 e. The number of nitriles is 1. The third-order valence-corrected chi connectivity index (χ3v) is 5.40. The molecule has 1 aliphatic carbocycles. The first-order chi connectivity index (χ1) is 10.7. The standard InChI is InChI=1S/C18H24N2O2/c1-22-16-8-3-2-6-14(16)17-15-7-4-5-9-18(15,21)10-12-20(17)13-11-19/h2-3,6,8,15,17,21H,4-5,7,9-10,12-13H2,1H3/t15-,17-,18+/m1/s1. The van der Waals surface area contributed by atoms with Crippen LogP contribution >= 0.6 is 0 Å². The first-order valence-electron chi connectivity index (χ1n) is 8.16. The zero-order chi connectivity index (χ0) is 15.6. The maximum Gasteiger partial charge on any atom is 0.123 e. The normalized spacial score (nSPS) is 32.0. The Balaban J connectivity index is 2.03. The van der Waals surface area contributed by atoms with E-state index in [1.165, 1.54) is 0 Å². The number of fused-ring (bicyclic) bond motifs is 1. The predicted octanol–water partition coefficient (Wildman–Crippen LogP) is 2.89. The number of aliphatic hydroxyl groups is 1. The summed E-state index contributed by atoms with van der Waals surface area (Å²) < 4.78 is 5.55. The summed E-state index contributed by atoms with van der Waals surface area (Å²) in [6.45, 7) is 1.17. The van der Waals surface area contributed by atoms with Gasteiger partial charge in [-0.1, -0.05) is 31.0 Å². The molecule has 0 aromatic heterocycles. The van der Waals surface area contributed by atoms with E-state index in [9.17, 15) is 10.4 Å². The molecule has 1 aliphatic heterocycles. The second kappa shape index (κ2) is 6.28. The topological polar surface area (TPSA) is 56.5 Å². The van der Waals surface area contributed by atoms with Crippen LogP contribution in [0.3, 0.4) is 0 Å². The van der Waals surface area contributed by atoms with Crippen molar-refractivity contribution in [2.45, 2.75) is 43.7 Å². The van der Waals surface area contributed by atoms with Crippen LogP contribution in [0.5, 0.6) is 5.75 Å². The number of methoxy groups -OCH3 is 1. The quantitative estimate of drug-likeness (QED) is 0.872. The van der Waals surface area contributed by atoms with E-state index in [-0.39, 0.29) is 12.0 Å². The highest BCUT2D eigenvalue weighted by molar-refractivity contribution is 5.37. The molecule has 0 radical (unpaired) electrons. The van der Waals surface area contributed by atoms with Crippen LogP contribution in [0.2, 0.25) is 0 Å². The van der Waals surface area contributed by atoms with Gasteiger partial charge in [-0.25, -0.2) is 0 Å². The molecule has 2 fully saturated rings. The summed E-state index contributed by atoms with van der Waals surface area (Å²) in [5.74, 6) is 1.03. The second-order valence-electron chi connectivity index (χ2n) is 6.52. The first kappa shape index (κ1) is 15.3. The minimum absolute atomic E-state index is 0.0647. The fourth-order valence-electron chi connectivity index (χ4n) is 4.33. The maximum absolute atomic E-state index is 11.1. The number of nitrogens with zero attached hydrogens (tertiary/aromatic N) is 2. The van der Waals surface area contributed by atoms with Gasteiger partial charge < -0.3 is 9.84 Å². The molecule has 1 heterocycles. The smallest absolute Gasteiger partial charge is 0.123 e. The summed E-state index contributed by atoms with van der Waals surface area (Å²) in [4.78, 5) is 2.21. The molecule has 1 N–H and O–H groups in total. The molecule has 1 saturated heterocycles. The molecule has 3 atom stereocenters. The summed E-state index contributed by atoms with van der Waals surface area (Å²) in [7, 11) is 1.68. The van der Waals surface area contributed by atoms with Crippen molar-refractivity contribution >= 4 is 0 Å². The second-order valence-corrected chi connectivity index (χ2v) is 6.52. The van der Waals surface area contributed by atoms with Crippen LogP contribution in [-0.2, 0) is 0 Å². The summed E-state index contributed by atoms with van der Waals surface area (Å²) in [5, 5.41) is 20.3. The Bertz CT molecular complexity index is 568. The van der Waals surface area contributed by atoms with Gasteiger partial charge in [0.25, 0.3) is 0 Å². The molecular formula is C18H24N2O2. The van der Waals surface area contributed by atoms with Gasteiger partial charge >= 0.3 is 0 Å². The van der Waals surface area contributed by atoms with E-state index in [2.05, 4.69) is 17.0 Å². The van der Waals surface area contributed by atoms with Crippen molar-refractivity contribution in [2.24, 2.45) is 5.92 Å². The summed E-state index contributed by atoms with van der Waals surface area (Å²) >= 11 is 0. The molecule has 0 amide bonds. The molecule has 2 aliphatic rings. The van der Waals surface area contributed by atoms with E-state index in [0.29, 0.717) is 6.54 Å². The van der Waals surface area contributed by atoms with Crippen LogP contribution < -0.4 is 4.74 Å². The first-order valence-corrected chi connectivity index (χ1v) is 8.16. The van der Waals surface area contributed by atoms with Crippen LogP contribution in [-0.4, -0.2) is 35.8 Å². The van der Waals surface area contributed by atoms with Crippen molar-refractivity contribution in [3.63, 3.8) is 0 Å². The fraction of sp³-hybridized carbons (Fsp3) is 0.611. The Morgan fingerprint density at radius 2 is 2.18 bits per heavy atom. The van der Waals surface area contributed by atoms with Gasteiger partial charge in [0, 0.05) is 24.1 Å². The van der Waals surface area contributed by atoms with E-state index in [0.717, 1.165) is 50.0 Å². The number of piperidine rings is 1. The molecule has 0 spiro atoms. The zero-order valence-corrected chi connectivity index (χ0v) is 13.2. The van der Waals surface area contributed by atoms with Gasteiger partial charge in [0.2, 0.25) is 0 Å². The van der Waals surface area contributed by atoms with E-state index < -0.39 is 5.60 Å². The highest BCUT2D eigenvalue weighted by atomic mass is 16.5. The van der Waals surface area contributed by atoms with Crippen molar-refractivity contribution < 1.29 is 9.84 Å². The fourth-order valence-corrected chi connectivity index (χ4v) is 4.33. The number of hydrogen-bond donors (Lipinski definition) is 1. The molecule has 0 bridgehead atoms. The largest absolute Gasteiger partial charge is 0.496 e. The van der Waals surface area contributed by atoms with E-state index in [1.807, 2.05) is 18.2 Å². The van der Waals surface area contributed by atoms with Crippen molar-refractivity contribution in [3.8, 4) is 11.8 Å². The summed E-state index contributed by atoms with van der Waals surface area (Å²) in [6.07, 6.45) is 4.92. The van der Waals surface area contributed by atoms with Gasteiger partial charge in [0.1, 0.15) is 5.75 Å². The highest BCUT2D eigenvalue weighted by Crippen LogP contribution is 2.50. The Labute approximate surface area is 132 Å². The zero-order valence-electron chi connectivity index (χ0n) is 13.2. The number of rotatable bonds is 3. The molecule has 4 nitrogen and oxygen atoms in total. The molecule has 118 valence electrons. The van der Waals surface area contributed by atoms with Gasteiger partial charge in [-0.3, -0.25) is 4.90 Å². The van der Waals surface area contributed by atoms with E-state index in [4.69, 9.17) is 4.74 Å². The Hall–Kier alpha value is -1.57. The van der Waals surface area contributed by atoms with E-state index >= 15 is 0 Å². The SMILES string of the molecule is COc1ccccc1[C@@H]1[C@H]2CCCC[C@]2(O)CCN1CC#N. The Kier molecular flexibility index (Phi) is 4.37. The maximum atomic E-state index is 11.1. The Morgan fingerprint density at radius 3 is 2.95 bits per heavy atom. The van der Waals surface area contributed by atoms with Crippen LogP contribution in [0.25, 0.3) is 0 Å². The Morgan fingerprint density at radius 1 is 1.36 bits per heavy atom. The molecule has 0 unspecified atom stereocenters. The van der Waals surface area contributed by atoms with Crippen molar-refractivity contribution in [1.29, 1.82) is 5.26 Å². The molecule has 4 heteroatoms. The molecule has 1 aromatic rings. The van der Waals surface area contributed by atoms with Crippen molar-refractivity contribution in [3.05, 3.63) is 29.8 Å². The number of likely N-dealkylation sites (tertiary alicyclic amines) is 1. The number of benzene rings is 1. The van der Waals surface area contributed by atoms with Crippen molar-refractivity contribution in [2.75, 3.05) is 20.2 Å². The van der Waals surface area contributed by atoms with Crippen LogP contribution in [0.4, 0.5) is 0 Å². The lowest BCUT2D eigenvalue weighted by molar-refractivity contribution is -0.122. The van der Waals surface area contributed by atoms with Gasteiger partial charge in [-0.2, -0.15) is 5.26 Å². The average Bonchev–Trinajstić information content (AvgIpc) is 2.55. The van der Waals surface area contributed by atoms with Crippen LogP contribution in [0, 0.1) is 17.2 Å². The lowest BCUT2D eigenvalue weighted by Gasteiger charge is -2.52. The molecule has 1 aromatic carbocycles. The molecule has 22 heavy (non-hydrogen) atoms. The minimum atomic E-state index is -0.588. The molecular weight excluding hydrogens is 276 g/mol.